The van der Waals surface area contributed by atoms with E-state index >= 15 is 0 Å². The molecule has 0 rings (SSSR count). The summed E-state index contributed by atoms with van der Waals surface area (Å²) in [6, 6.07) is 0. The van der Waals surface area contributed by atoms with Gasteiger partial charge in [0.15, 0.2) is 0 Å². The van der Waals surface area contributed by atoms with E-state index in [1.54, 1.807) is 6.82 Å². The molecule has 0 amide bonds. The van der Waals surface area contributed by atoms with Crippen LogP contribution >= 0.6 is 0 Å². The van der Waals surface area contributed by atoms with Crippen LogP contribution in [0.1, 0.15) is 0 Å². The monoisotopic (exact) mass is 115 g/mol. The summed E-state index contributed by atoms with van der Waals surface area (Å²) >= 11 is 0. The average molecular weight is 115 g/mol. The Labute approximate surface area is 48.2 Å². The van der Waals surface area contributed by atoms with Crippen LogP contribution in [0.25, 0.3) is 0 Å². The molecule has 0 aliphatic heterocycles. The molecule has 43 valence electrons. The van der Waals surface area contributed by atoms with E-state index in [2.05, 4.69) is 9.69 Å². The Bertz CT molecular complexity index is 67.1. The summed E-state index contributed by atoms with van der Waals surface area (Å²) in [5, 5.41) is 8.25. The van der Waals surface area contributed by atoms with Gasteiger partial charge in [-0.15, -0.1) is 0 Å². The normalized spacial score (nSPS) is 12.2. The Hall–Kier alpha value is -0.190. The van der Waals surface area contributed by atoms with Crippen molar-refractivity contribution in [3.8, 4) is 0 Å². The average Bonchev–Trinajstić information content (AvgIpc) is 1.83. The summed E-state index contributed by atoms with van der Waals surface area (Å²) in [6.07, 6.45) is -1.48. The summed E-state index contributed by atoms with van der Waals surface area (Å²) in [7, 11) is 1.41. The predicted molar refractivity (Wildman–Crippen MR) is 26.2 cm³/mol. The first-order valence-corrected chi connectivity index (χ1v) is 2.04. The van der Waals surface area contributed by atoms with Crippen LogP contribution in [-0.4, -0.2) is 25.9 Å². The molecule has 1 N–H and O–H groups in total. The van der Waals surface area contributed by atoms with Crippen LogP contribution in [0.2, 0.25) is 6.82 Å². The zero-order valence-corrected chi connectivity index (χ0v) is 4.40. The topological polar surface area (TPSA) is 55.8 Å². The third kappa shape index (κ3) is 3.98. The third-order valence-electron chi connectivity index (χ3n) is 0.367. The Balaban J connectivity index is 2.98. The Morgan fingerprint density at radius 2 is 2.38 bits per heavy atom. The second kappa shape index (κ2) is 4.96. The van der Waals surface area contributed by atoms with Gasteiger partial charge in [0.25, 0.3) is 0 Å². The second-order valence-corrected chi connectivity index (χ2v) is 0.955. The zero-order chi connectivity index (χ0) is 6.41. The fourth-order valence-corrected chi connectivity index (χ4v) is 0.135. The molecule has 0 aromatic rings. The van der Waals surface area contributed by atoms with Crippen molar-refractivity contribution < 1.29 is 19.5 Å². The number of rotatable bonds is 4. The van der Waals surface area contributed by atoms with Gasteiger partial charge in [-0.05, 0) is 0 Å². The van der Waals surface area contributed by atoms with Gasteiger partial charge in [0.1, 0.15) is 0 Å². The predicted octanol–water partition coefficient (Wildman–Crippen LogP) is -1.07. The first-order valence-electron chi connectivity index (χ1n) is 2.04. The molecule has 1 radical (unpaired) electrons. The molecule has 1 unspecified atom stereocenters. The van der Waals surface area contributed by atoms with Gasteiger partial charge in [-0.3, -0.25) is 0 Å². The van der Waals surface area contributed by atoms with Crippen molar-refractivity contribution in [3.05, 3.63) is 0 Å². The van der Waals surface area contributed by atoms with Crippen molar-refractivity contribution in [2.45, 2.75) is 13.0 Å². The molecule has 8 heavy (non-hydrogen) atoms. The van der Waals surface area contributed by atoms with E-state index in [1.165, 1.54) is 7.48 Å². The van der Waals surface area contributed by atoms with E-state index in [9.17, 15) is 4.70 Å². The van der Waals surface area contributed by atoms with Crippen LogP contribution < -0.4 is 0 Å². The molecule has 0 bridgehead atoms. The summed E-state index contributed by atoms with van der Waals surface area (Å²) in [5.41, 5.74) is 0. The minimum absolute atomic E-state index is 0.212. The van der Waals surface area contributed by atoms with Gasteiger partial charge < -0.3 is 0 Å². The van der Waals surface area contributed by atoms with Gasteiger partial charge in [0.05, 0.1) is 0 Å². The van der Waals surface area contributed by atoms with Crippen LogP contribution in [0, 0.1) is 0 Å². The minimum atomic E-state index is -1.48. The maximum atomic E-state index is 9.54. The summed E-state index contributed by atoms with van der Waals surface area (Å²) in [6.45, 7) is 1.55. The third-order valence-corrected chi connectivity index (χ3v) is 0.367. The number of hydrogen-bond acceptors (Lipinski definition) is 4. The molecule has 0 heterocycles. The van der Waals surface area contributed by atoms with Gasteiger partial charge in [-0.25, -0.2) is 0 Å². The van der Waals surface area contributed by atoms with Crippen molar-refractivity contribution in [3.63, 3.8) is 0 Å². The molecule has 6 heteroatoms. The van der Waals surface area contributed by atoms with Gasteiger partial charge in [-0.2, -0.15) is 0 Å². The van der Waals surface area contributed by atoms with E-state index in [1.807, 2.05) is 0 Å². The molecule has 0 fully saturated rings. The Kier molecular flexibility index (Phi) is 4.84. The molecule has 0 spiro atoms. The fraction of sp³-hybridized carbons (Fsp3) is 1.00. The van der Waals surface area contributed by atoms with Crippen molar-refractivity contribution in [2.24, 2.45) is 0 Å². The van der Waals surface area contributed by atoms with Gasteiger partial charge >= 0.3 is 47.1 Å². The first-order chi connectivity index (χ1) is 3.81. The number of aliphatic hydroxyl groups is 1. The van der Waals surface area contributed by atoms with E-state index < -0.39 is 6.19 Å². The van der Waals surface area contributed by atoms with Crippen LogP contribution in [0.4, 0.5) is 0 Å². The van der Waals surface area contributed by atoms with Crippen molar-refractivity contribution in [1.82, 2.24) is 0 Å². The molecule has 0 aliphatic carbocycles. The SMILES string of the molecule is C[B]OOC(O)B=O. The van der Waals surface area contributed by atoms with E-state index in [-0.39, 0.29) is 7.15 Å². The van der Waals surface area contributed by atoms with E-state index in [0.717, 1.165) is 0 Å². The van der Waals surface area contributed by atoms with Gasteiger partial charge in [0, 0.05) is 0 Å². The molecule has 0 aromatic carbocycles. The molecule has 4 nitrogen and oxygen atoms in total. The van der Waals surface area contributed by atoms with Crippen LogP contribution in [-0.2, 0) is 14.4 Å². The second-order valence-electron chi connectivity index (χ2n) is 0.955. The molecule has 0 saturated carbocycles. The fourth-order valence-electron chi connectivity index (χ4n) is 0.135. The van der Waals surface area contributed by atoms with Gasteiger partial charge in [-0.1, -0.05) is 0 Å². The summed E-state index contributed by atoms with van der Waals surface area (Å²) in [5.74, 6) is 0. The molecule has 0 saturated heterocycles. The molecule has 0 aliphatic rings. The number of aliphatic hydroxyl groups excluding tert-OH is 1. The van der Waals surface area contributed by atoms with Crippen molar-refractivity contribution >= 4 is 14.6 Å². The quantitative estimate of drug-likeness (QED) is 0.219. The van der Waals surface area contributed by atoms with E-state index in [0.29, 0.717) is 0 Å². The van der Waals surface area contributed by atoms with Crippen LogP contribution in [0.3, 0.4) is 0 Å². The van der Waals surface area contributed by atoms with E-state index in [4.69, 9.17) is 5.11 Å². The van der Waals surface area contributed by atoms with Crippen LogP contribution in [0.15, 0.2) is 0 Å². The first kappa shape index (κ1) is 7.81. The van der Waals surface area contributed by atoms with Crippen molar-refractivity contribution in [2.75, 3.05) is 0 Å². The van der Waals surface area contributed by atoms with Crippen LogP contribution in [0.5, 0.6) is 0 Å². The number of hydrogen-bond donors (Lipinski definition) is 1. The Morgan fingerprint density at radius 1 is 1.75 bits per heavy atom. The Morgan fingerprint density at radius 3 is 2.75 bits per heavy atom. The van der Waals surface area contributed by atoms with Gasteiger partial charge in [0.2, 0.25) is 0 Å². The van der Waals surface area contributed by atoms with Crippen molar-refractivity contribution in [1.29, 1.82) is 0 Å². The molecular formula is C2H5B2O4. The maximum absolute atomic E-state index is 9.54. The molecule has 0 aromatic heterocycles. The summed E-state index contributed by atoms with van der Waals surface area (Å²) in [4.78, 5) is 8.05. The summed E-state index contributed by atoms with van der Waals surface area (Å²) < 4.78 is 9.54. The standard InChI is InChI=1S/C2H5B2O4/c1-3-8-7-2(5)4-6/h2,5H,1H3. The zero-order valence-electron chi connectivity index (χ0n) is 4.40. The molecule has 1 atom stereocenters. The molecular weight excluding hydrogens is 110 g/mol.